The molecule has 0 aliphatic carbocycles. The third-order valence-corrected chi connectivity index (χ3v) is 2.90. The first-order valence-corrected chi connectivity index (χ1v) is 7.28. The number of unbranched alkanes of at least 4 members (excludes halogenated alkanes) is 3. The van der Waals surface area contributed by atoms with Crippen LogP contribution in [-0.4, -0.2) is 30.9 Å². The van der Waals surface area contributed by atoms with Crippen LogP contribution in [0.4, 0.5) is 0 Å². The van der Waals surface area contributed by atoms with Gasteiger partial charge in [0.2, 0.25) is 0 Å². The lowest BCUT2D eigenvalue weighted by Gasteiger charge is -2.07. The molecule has 0 heterocycles. The highest BCUT2D eigenvalue weighted by Crippen LogP contribution is 2.13. The van der Waals surface area contributed by atoms with E-state index in [9.17, 15) is 4.79 Å². The molecule has 116 valence electrons. The molecule has 0 radical (unpaired) electrons. The van der Waals surface area contributed by atoms with E-state index in [-0.39, 0.29) is 5.56 Å². The van der Waals surface area contributed by atoms with Gasteiger partial charge in [0, 0.05) is 6.61 Å². The summed E-state index contributed by atoms with van der Waals surface area (Å²) in [7, 11) is 0. The number of carboxylic acid groups (broad SMARTS) is 1. The zero-order valence-corrected chi connectivity index (χ0v) is 12.6. The molecule has 4 heteroatoms. The molecule has 0 aliphatic heterocycles. The largest absolute Gasteiger partial charge is 0.494 e. The van der Waals surface area contributed by atoms with E-state index in [4.69, 9.17) is 14.6 Å². The average Bonchev–Trinajstić information content (AvgIpc) is 2.45. The summed E-state index contributed by atoms with van der Waals surface area (Å²) in [5, 5.41) is 8.78. The summed E-state index contributed by atoms with van der Waals surface area (Å²) in [6.07, 6.45) is 4.27. The summed E-state index contributed by atoms with van der Waals surface area (Å²) >= 11 is 0. The maximum Gasteiger partial charge on any atom is 0.335 e. The van der Waals surface area contributed by atoms with E-state index in [1.165, 1.54) is 0 Å². The molecular formula is C17H24O4. The molecule has 1 aromatic carbocycles. The fraction of sp³-hybridized carbons (Fsp3) is 0.471. The third-order valence-electron chi connectivity index (χ3n) is 2.90. The van der Waals surface area contributed by atoms with E-state index < -0.39 is 5.97 Å². The van der Waals surface area contributed by atoms with Gasteiger partial charge in [-0.1, -0.05) is 18.6 Å². The molecular weight excluding hydrogens is 268 g/mol. The molecule has 0 fully saturated rings. The zero-order chi connectivity index (χ0) is 15.5. The first-order chi connectivity index (χ1) is 10.1. The van der Waals surface area contributed by atoms with Crippen LogP contribution in [0, 0.1) is 0 Å². The number of aromatic carboxylic acids is 1. The van der Waals surface area contributed by atoms with Crippen molar-refractivity contribution in [2.45, 2.75) is 32.6 Å². The van der Waals surface area contributed by atoms with Crippen LogP contribution in [0.2, 0.25) is 0 Å². The number of carboxylic acids is 1. The predicted molar refractivity (Wildman–Crippen MR) is 83.0 cm³/mol. The van der Waals surface area contributed by atoms with Gasteiger partial charge in [0.15, 0.2) is 0 Å². The smallest absolute Gasteiger partial charge is 0.335 e. The summed E-state index contributed by atoms with van der Waals surface area (Å²) in [6, 6.07) is 6.48. The molecule has 0 saturated heterocycles. The molecule has 0 bridgehead atoms. The van der Waals surface area contributed by atoms with Crippen LogP contribution >= 0.6 is 0 Å². The standard InChI is InChI=1S/C17H24O4/c1-14(2)13-20-11-5-3-4-6-12-21-16-9-7-15(8-10-16)17(18)19/h7-10H,1,3-6,11-13H2,2H3,(H,18,19). The molecule has 0 saturated carbocycles. The van der Waals surface area contributed by atoms with Crippen molar-refractivity contribution in [2.24, 2.45) is 0 Å². The van der Waals surface area contributed by atoms with Crippen molar-refractivity contribution in [1.29, 1.82) is 0 Å². The number of rotatable bonds is 11. The van der Waals surface area contributed by atoms with Gasteiger partial charge in [-0.15, -0.1) is 0 Å². The first-order valence-electron chi connectivity index (χ1n) is 7.28. The Kier molecular flexibility index (Phi) is 8.21. The quantitative estimate of drug-likeness (QED) is 0.496. The Balaban J connectivity index is 2.01. The van der Waals surface area contributed by atoms with Crippen LogP contribution in [0.3, 0.4) is 0 Å². The summed E-state index contributed by atoms with van der Waals surface area (Å²) in [5.74, 6) is -0.208. The number of benzene rings is 1. The Morgan fingerprint density at radius 3 is 2.29 bits per heavy atom. The third kappa shape index (κ3) is 8.15. The van der Waals surface area contributed by atoms with Gasteiger partial charge in [0.1, 0.15) is 5.75 Å². The summed E-state index contributed by atoms with van der Waals surface area (Å²) in [6.45, 7) is 7.82. The van der Waals surface area contributed by atoms with Gasteiger partial charge in [-0.3, -0.25) is 0 Å². The minimum Gasteiger partial charge on any atom is -0.494 e. The van der Waals surface area contributed by atoms with Crippen LogP contribution < -0.4 is 4.74 Å². The first kappa shape index (κ1) is 17.2. The minimum atomic E-state index is -0.921. The Morgan fingerprint density at radius 2 is 1.71 bits per heavy atom. The molecule has 0 atom stereocenters. The van der Waals surface area contributed by atoms with Gasteiger partial charge in [0.25, 0.3) is 0 Å². The molecule has 0 aromatic heterocycles. The highest BCUT2D eigenvalue weighted by molar-refractivity contribution is 5.87. The monoisotopic (exact) mass is 292 g/mol. The van der Waals surface area contributed by atoms with Gasteiger partial charge < -0.3 is 14.6 Å². The molecule has 1 aromatic rings. The summed E-state index contributed by atoms with van der Waals surface area (Å²) in [5.41, 5.74) is 1.33. The summed E-state index contributed by atoms with van der Waals surface area (Å²) in [4.78, 5) is 10.7. The Hall–Kier alpha value is -1.81. The van der Waals surface area contributed by atoms with Crippen LogP contribution in [0.15, 0.2) is 36.4 Å². The van der Waals surface area contributed by atoms with Gasteiger partial charge in [0.05, 0.1) is 18.8 Å². The van der Waals surface area contributed by atoms with Gasteiger partial charge in [-0.2, -0.15) is 0 Å². The van der Waals surface area contributed by atoms with Crippen molar-refractivity contribution < 1.29 is 19.4 Å². The number of hydrogen-bond donors (Lipinski definition) is 1. The Morgan fingerprint density at radius 1 is 1.10 bits per heavy atom. The second kappa shape index (κ2) is 10.00. The molecule has 0 aliphatic rings. The van der Waals surface area contributed by atoms with Crippen molar-refractivity contribution in [2.75, 3.05) is 19.8 Å². The second-order valence-electron chi connectivity index (χ2n) is 5.10. The van der Waals surface area contributed by atoms with E-state index in [2.05, 4.69) is 6.58 Å². The number of ether oxygens (including phenoxy) is 2. The molecule has 21 heavy (non-hydrogen) atoms. The van der Waals surface area contributed by atoms with Crippen LogP contribution in [-0.2, 0) is 4.74 Å². The van der Waals surface area contributed by atoms with Crippen molar-refractivity contribution in [3.8, 4) is 5.75 Å². The van der Waals surface area contributed by atoms with Crippen molar-refractivity contribution in [1.82, 2.24) is 0 Å². The highest BCUT2D eigenvalue weighted by atomic mass is 16.5. The number of carbonyl (C=O) groups is 1. The fourth-order valence-electron chi connectivity index (χ4n) is 1.79. The predicted octanol–water partition coefficient (Wildman–Crippen LogP) is 3.92. The number of hydrogen-bond acceptors (Lipinski definition) is 3. The van der Waals surface area contributed by atoms with Crippen LogP contribution in [0.1, 0.15) is 43.0 Å². The van der Waals surface area contributed by atoms with Gasteiger partial charge >= 0.3 is 5.97 Å². The minimum absolute atomic E-state index is 0.275. The average molecular weight is 292 g/mol. The van der Waals surface area contributed by atoms with Crippen molar-refractivity contribution in [3.05, 3.63) is 42.0 Å². The second-order valence-corrected chi connectivity index (χ2v) is 5.10. The Labute approximate surface area is 126 Å². The van der Waals surface area contributed by atoms with Crippen LogP contribution in [0.25, 0.3) is 0 Å². The lowest BCUT2D eigenvalue weighted by atomic mass is 10.2. The van der Waals surface area contributed by atoms with E-state index in [0.717, 1.165) is 37.9 Å². The fourth-order valence-corrected chi connectivity index (χ4v) is 1.79. The molecule has 1 N–H and O–H groups in total. The molecule has 0 unspecified atom stereocenters. The zero-order valence-electron chi connectivity index (χ0n) is 12.6. The van der Waals surface area contributed by atoms with Gasteiger partial charge in [-0.25, -0.2) is 4.79 Å². The van der Waals surface area contributed by atoms with Crippen molar-refractivity contribution >= 4 is 5.97 Å². The molecule has 4 nitrogen and oxygen atoms in total. The van der Waals surface area contributed by atoms with Crippen molar-refractivity contribution in [3.63, 3.8) is 0 Å². The SMILES string of the molecule is C=C(C)COCCCCCCOc1ccc(C(=O)O)cc1. The van der Waals surface area contributed by atoms with E-state index in [0.29, 0.717) is 19.0 Å². The normalized spacial score (nSPS) is 10.3. The molecule has 1 rings (SSSR count). The summed E-state index contributed by atoms with van der Waals surface area (Å²) < 4.78 is 11.0. The van der Waals surface area contributed by atoms with Gasteiger partial charge in [-0.05, 0) is 50.5 Å². The lowest BCUT2D eigenvalue weighted by molar-refractivity contribution is 0.0697. The lowest BCUT2D eigenvalue weighted by Crippen LogP contribution is -2.00. The molecule has 0 amide bonds. The highest BCUT2D eigenvalue weighted by Gasteiger charge is 2.01. The van der Waals surface area contributed by atoms with Crippen LogP contribution in [0.5, 0.6) is 5.75 Å². The van der Waals surface area contributed by atoms with E-state index in [1.54, 1.807) is 24.3 Å². The Bertz CT molecular complexity index is 437. The van der Waals surface area contributed by atoms with E-state index in [1.807, 2.05) is 6.92 Å². The topological polar surface area (TPSA) is 55.8 Å². The van der Waals surface area contributed by atoms with E-state index >= 15 is 0 Å². The maximum atomic E-state index is 10.7. The maximum absolute atomic E-state index is 10.7. The molecule has 0 spiro atoms.